The van der Waals surface area contributed by atoms with Crippen molar-refractivity contribution in [2.24, 2.45) is 11.8 Å². The van der Waals surface area contributed by atoms with Gasteiger partial charge in [-0.2, -0.15) is 0 Å². The van der Waals surface area contributed by atoms with E-state index in [1.807, 2.05) is 0 Å². The number of nitrogens with one attached hydrogen (secondary N) is 1. The lowest BCUT2D eigenvalue weighted by Crippen LogP contribution is -2.46. The monoisotopic (exact) mass is 280 g/mol. The van der Waals surface area contributed by atoms with Gasteiger partial charge in [0.2, 0.25) is 0 Å². The zero-order chi connectivity index (χ0) is 14.4. The molecular weight excluding hydrogens is 244 g/mol. The average Bonchev–Trinajstić information content (AvgIpc) is 2.63. The average molecular weight is 280 g/mol. The molecule has 0 amide bonds. The van der Waals surface area contributed by atoms with Crippen LogP contribution in [0, 0.1) is 11.8 Å². The van der Waals surface area contributed by atoms with Gasteiger partial charge in [-0.05, 0) is 51.0 Å². The fourth-order valence-corrected chi connectivity index (χ4v) is 4.25. The molecule has 1 aliphatic heterocycles. The first-order valence-electron chi connectivity index (χ1n) is 9.18. The summed E-state index contributed by atoms with van der Waals surface area (Å²) in [5, 5.41) is 3.88. The molecule has 0 aromatic rings. The standard InChI is InChI=1S/C18H36N2/c1-4-8-15(2)13-20-14-18(19-12-11-16(20)3)17-9-6-5-7-10-17/h15-19H,4-14H2,1-3H3. The molecule has 0 aromatic heterocycles. The first-order chi connectivity index (χ1) is 9.70. The first-order valence-corrected chi connectivity index (χ1v) is 9.18. The number of hydrogen-bond donors (Lipinski definition) is 1. The summed E-state index contributed by atoms with van der Waals surface area (Å²) in [6, 6.07) is 1.52. The van der Waals surface area contributed by atoms with Gasteiger partial charge in [0, 0.05) is 25.2 Å². The Bertz CT molecular complexity index is 260. The van der Waals surface area contributed by atoms with Gasteiger partial charge in [-0.25, -0.2) is 0 Å². The fraction of sp³-hybridized carbons (Fsp3) is 1.00. The number of rotatable bonds is 5. The zero-order valence-corrected chi connectivity index (χ0v) is 14.0. The van der Waals surface area contributed by atoms with E-state index in [2.05, 4.69) is 31.0 Å². The quantitative estimate of drug-likeness (QED) is 0.817. The smallest absolute Gasteiger partial charge is 0.0223 e. The van der Waals surface area contributed by atoms with Gasteiger partial charge in [-0.15, -0.1) is 0 Å². The van der Waals surface area contributed by atoms with Crippen LogP contribution in [-0.2, 0) is 0 Å². The van der Waals surface area contributed by atoms with Gasteiger partial charge >= 0.3 is 0 Å². The Morgan fingerprint density at radius 3 is 2.60 bits per heavy atom. The van der Waals surface area contributed by atoms with Gasteiger partial charge in [0.15, 0.2) is 0 Å². The molecule has 0 spiro atoms. The molecule has 1 saturated carbocycles. The highest BCUT2D eigenvalue weighted by Crippen LogP contribution is 2.28. The van der Waals surface area contributed by atoms with E-state index in [0.717, 1.165) is 23.9 Å². The molecule has 118 valence electrons. The largest absolute Gasteiger partial charge is 0.312 e. The summed E-state index contributed by atoms with van der Waals surface area (Å²) in [6.07, 6.45) is 11.3. The van der Waals surface area contributed by atoms with Crippen LogP contribution in [0.3, 0.4) is 0 Å². The number of hydrogen-bond acceptors (Lipinski definition) is 2. The highest BCUT2D eigenvalue weighted by molar-refractivity contribution is 4.87. The van der Waals surface area contributed by atoms with Crippen LogP contribution in [0.15, 0.2) is 0 Å². The number of nitrogens with zero attached hydrogens (tertiary/aromatic N) is 1. The van der Waals surface area contributed by atoms with Crippen LogP contribution in [0.1, 0.15) is 72.1 Å². The highest BCUT2D eigenvalue weighted by atomic mass is 15.2. The maximum absolute atomic E-state index is 3.88. The Morgan fingerprint density at radius 2 is 1.90 bits per heavy atom. The van der Waals surface area contributed by atoms with E-state index < -0.39 is 0 Å². The Morgan fingerprint density at radius 1 is 1.15 bits per heavy atom. The second-order valence-corrected chi connectivity index (χ2v) is 7.44. The van der Waals surface area contributed by atoms with Gasteiger partial charge in [0.05, 0.1) is 0 Å². The second-order valence-electron chi connectivity index (χ2n) is 7.44. The molecule has 1 N–H and O–H groups in total. The SMILES string of the molecule is CCCC(C)CN1CC(C2CCCCC2)NCCC1C. The van der Waals surface area contributed by atoms with E-state index in [1.54, 1.807) is 0 Å². The molecule has 20 heavy (non-hydrogen) atoms. The molecule has 2 heteroatoms. The lowest BCUT2D eigenvalue weighted by Gasteiger charge is -2.35. The van der Waals surface area contributed by atoms with Gasteiger partial charge in [-0.1, -0.05) is 39.5 Å². The van der Waals surface area contributed by atoms with Crippen LogP contribution in [0.2, 0.25) is 0 Å². The molecule has 2 fully saturated rings. The summed E-state index contributed by atoms with van der Waals surface area (Å²) in [5.41, 5.74) is 0. The van der Waals surface area contributed by atoms with Crippen molar-refractivity contribution in [1.82, 2.24) is 10.2 Å². The molecule has 1 heterocycles. The normalized spacial score (nSPS) is 31.9. The lowest BCUT2D eigenvalue weighted by atomic mass is 9.83. The molecule has 2 rings (SSSR count). The molecule has 3 unspecified atom stereocenters. The Hall–Kier alpha value is -0.0800. The Balaban J connectivity index is 1.90. The third-order valence-electron chi connectivity index (χ3n) is 5.57. The second kappa shape index (κ2) is 8.38. The molecule has 1 saturated heterocycles. The summed E-state index contributed by atoms with van der Waals surface area (Å²) in [5.74, 6) is 1.80. The first kappa shape index (κ1) is 16.3. The maximum Gasteiger partial charge on any atom is 0.0223 e. The van der Waals surface area contributed by atoms with Crippen LogP contribution in [0.25, 0.3) is 0 Å². The zero-order valence-electron chi connectivity index (χ0n) is 14.0. The van der Waals surface area contributed by atoms with E-state index >= 15 is 0 Å². The van der Waals surface area contributed by atoms with Gasteiger partial charge < -0.3 is 5.32 Å². The Labute approximate surface area is 126 Å². The molecular formula is C18H36N2. The van der Waals surface area contributed by atoms with Gasteiger partial charge in [-0.3, -0.25) is 4.90 Å². The molecule has 3 atom stereocenters. The van der Waals surface area contributed by atoms with Crippen LogP contribution < -0.4 is 5.32 Å². The molecule has 0 bridgehead atoms. The topological polar surface area (TPSA) is 15.3 Å². The minimum atomic E-state index is 0.758. The molecule has 0 aromatic carbocycles. The fourth-order valence-electron chi connectivity index (χ4n) is 4.25. The van der Waals surface area contributed by atoms with Crippen LogP contribution in [0.4, 0.5) is 0 Å². The van der Waals surface area contributed by atoms with E-state index in [1.165, 1.54) is 71.0 Å². The molecule has 0 radical (unpaired) electrons. The van der Waals surface area contributed by atoms with Gasteiger partial charge in [0.25, 0.3) is 0 Å². The maximum atomic E-state index is 3.88. The summed E-state index contributed by atoms with van der Waals surface area (Å²) in [4.78, 5) is 2.79. The summed E-state index contributed by atoms with van der Waals surface area (Å²) in [7, 11) is 0. The summed E-state index contributed by atoms with van der Waals surface area (Å²) >= 11 is 0. The summed E-state index contributed by atoms with van der Waals surface area (Å²) in [6.45, 7) is 11.0. The third-order valence-corrected chi connectivity index (χ3v) is 5.57. The third kappa shape index (κ3) is 4.73. The van der Waals surface area contributed by atoms with Crippen LogP contribution >= 0.6 is 0 Å². The predicted octanol–water partition coefficient (Wildman–Crippen LogP) is 4.06. The van der Waals surface area contributed by atoms with Crippen molar-refractivity contribution in [2.75, 3.05) is 19.6 Å². The van der Waals surface area contributed by atoms with Crippen molar-refractivity contribution >= 4 is 0 Å². The minimum absolute atomic E-state index is 0.758. The van der Waals surface area contributed by atoms with Crippen molar-refractivity contribution < 1.29 is 0 Å². The van der Waals surface area contributed by atoms with Crippen molar-refractivity contribution in [1.29, 1.82) is 0 Å². The molecule has 2 aliphatic rings. The van der Waals surface area contributed by atoms with Crippen LogP contribution in [-0.4, -0.2) is 36.6 Å². The van der Waals surface area contributed by atoms with Crippen molar-refractivity contribution in [3.63, 3.8) is 0 Å². The molecule has 1 aliphatic carbocycles. The minimum Gasteiger partial charge on any atom is -0.312 e. The van der Waals surface area contributed by atoms with E-state index in [4.69, 9.17) is 0 Å². The van der Waals surface area contributed by atoms with Crippen LogP contribution in [0.5, 0.6) is 0 Å². The van der Waals surface area contributed by atoms with Crippen molar-refractivity contribution in [3.05, 3.63) is 0 Å². The van der Waals surface area contributed by atoms with Crippen molar-refractivity contribution in [3.8, 4) is 0 Å². The summed E-state index contributed by atoms with van der Waals surface area (Å²) < 4.78 is 0. The molecule has 2 nitrogen and oxygen atoms in total. The predicted molar refractivity (Wildman–Crippen MR) is 88.1 cm³/mol. The lowest BCUT2D eigenvalue weighted by molar-refractivity contribution is 0.150. The van der Waals surface area contributed by atoms with E-state index in [9.17, 15) is 0 Å². The highest BCUT2D eigenvalue weighted by Gasteiger charge is 2.29. The van der Waals surface area contributed by atoms with Gasteiger partial charge in [0.1, 0.15) is 0 Å². The van der Waals surface area contributed by atoms with Crippen molar-refractivity contribution in [2.45, 2.75) is 84.2 Å². The van der Waals surface area contributed by atoms with E-state index in [-0.39, 0.29) is 0 Å². The Kier molecular flexibility index (Phi) is 6.83. The van der Waals surface area contributed by atoms with E-state index in [0.29, 0.717) is 0 Å².